The van der Waals surface area contributed by atoms with E-state index in [9.17, 15) is 9.90 Å². The van der Waals surface area contributed by atoms with Crippen molar-refractivity contribution in [2.75, 3.05) is 13.6 Å². The molecule has 1 aromatic heterocycles. The molecule has 1 aliphatic heterocycles. The molecule has 0 radical (unpaired) electrons. The van der Waals surface area contributed by atoms with Crippen molar-refractivity contribution < 1.29 is 19.2 Å². The molecule has 0 spiro atoms. The minimum atomic E-state index is -1.06. The molecule has 130 valence electrons. The Hall–Kier alpha value is -1.70. The number of likely N-dealkylation sites (N-methyl/N-ethyl adjacent to an activating group) is 1. The lowest BCUT2D eigenvalue weighted by Crippen LogP contribution is -2.41. The van der Waals surface area contributed by atoms with Crippen molar-refractivity contribution in [3.63, 3.8) is 0 Å². The number of nitrogens with zero attached hydrogens (tertiary/aromatic N) is 1. The van der Waals surface area contributed by atoms with Crippen LogP contribution in [-0.4, -0.2) is 48.0 Å². The van der Waals surface area contributed by atoms with Crippen LogP contribution >= 0.6 is 0 Å². The first kappa shape index (κ1) is 18.6. The number of carbonyl (C=O) groups is 1. The van der Waals surface area contributed by atoms with Crippen LogP contribution in [0, 0.1) is 6.92 Å². The van der Waals surface area contributed by atoms with Crippen LogP contribution in [-0.2, 0) is 9.31 Å². The number of carboxylic acid groups (broad SMARTS) is 1. The lowest BCUT2D eigenvalue weighted by molar-refractivity contribution is 0.00578. The van der Waals surface area contributed by atoms with Gasteiger partial charge in [0.2, 0.25) is 0 Å². The van der Waals surface area contributed by atoms with E-state index in [0.717, 1.165) is 11.0 Å². The summed E-state index contributed by atoms with van der Waals surface area (Å²) in [6, 6.07) is 1.80. The zero-order chi connectivity index (χ0) is 18.1. The summed E-state index contributed by atoms with van der Waals surface area (Å²) >= 11 is 0. The van der Waals surface area contributed by atoms with Crippen LogP contribution in [0.4, 0.5) is 0 Å². The molecule has 0 aromatic carbocycles. The van der Waals surface area contributed by atoms with Gasteiger partial charge in [-0.25, -0.2) is 9.78 Å². The third kappa shape index (κ3) is 3.69. The van der Waals surface area contributed by atoms with E-state index >= 15 is 0 Å². The lowest BCUT2D eigenvalue weighted by atomic mass is 9.76. The van der Waals surface area contributed by atoms with E-state index in [4.69, 9.17) is 9.31 Å². The van der Waals surface area contributed by atoms with Gasteiger partial charge in [-0.3, -0.25) is 0 Å². The maximum absolute atomic E-state index is 11.4. The van der Waals surface area contributed by atoms with Gasteiger partial charge in [-0.1, -0.05) is 6.08 Å². The molecule has 24 heavy (non-hydrogen) atoms. The molecule has 0 saturated carbocycles. The fourth-order valence-corrected chi connectivity index (χ4v) is 2.48. The van der Waals surface area contributed by atoms with Crippen molar-refractivity contribution in [1.82, 2.24) is 10.3 Å². The van der Waals surface area contributed by atoms with Gasteiger partial charge in [0.15, 0.2) is 5.69 Å². The Morgan fingerprint density at radius 2 is 1.92 bits per heavy atom. The molecule has 7 heteroatoms. The summed E-state index contributed by atoms with van der Waals surface area (Å²) in [6.45, 7) is 10.3. The first-order valence-electron chi connectivity index (χ1n) is 7.98. The Morgan fingerprint density at radius 1 is 1.33 bits per heavy atom. The van der Waals surface area contributed by atoms with Crippen molar-refractivity contribution in [2.45, 2.75) is 45.8 Å². The molecule has 1 saturated heterocycles. The number of aromatic carboxylic acids is 1. The maximum atomic E-state index is 11.4. The Bertz CT molecular complexity index is 655. The van der Waals surface area contributed by atoms with Crippen LogP contribution in [0.2, 0.25) is 0 Å². The Morgan fingerprint density at radius 3 is 2.42 bits per heavy atom. The van der Waals surface area contributed by atoms with Gasteiger partial charge in [-0.2, -0.15) is 0 Å². The second kappa shape index (κ2) is 6.66. The van der Waals surface area contributed by atoms with Gasteiger partial charge in [0.1, 0.15) is 0 Å². The molecule has 0 unspecified atom stereocenters. The van der Waals surface area contributed by atoms with E-state index in [2.05, 4.69) is 10.3 Å². The number of nitrogens with one attached hydrogen (secondary N) is 1. The quantitative estimate of drug-likeness (QED) is 0.806. The predicted octanol–water partition coefficient (Wildman–Crippen LogP) is 2.32. The number of aryl methyl sites for hydroxylation is 1. The molecule has 0 atom stereocenters. The molecule has 0 bridgehead atoms. The third-order valence-corrected chi connectivity index (χ3v) is 4.53. The Balaban J connectivity index is 2.44. The highest BCUT2D eigenvalue weighted by Crippen LogP contribution is 2.38. The van der Waals surface area contributed by atoms with E-state index in [-0.39, 0.29) is 5.69 Å². The second-order valence-electron chi connectivity index (χ2n) is 7.09. The summed E-state index contributed by atoms with van der Waals surface area (Å²) < 4.78 is 12.2. The molecule has 1 fully saturated rings. The van der Waals surface area contributed by atoms with E-state index in [1.165, 1.54) is 0 Å². The lowest BCUT2D eigenvalue weighted by Gasteiger charge is -2.32. The summed E-state index contributed by atoms with van der Waals surface area (Å²) in [5.74, 6) is -1.06. The number of rotatable bonds is 5. The highest BCUT2D eigenvalue weighted by Gasteiger charge is 2.52. The van der Waals surface area contributed by atoms with Gasteiger partial charge in [0, 0.05) is 18.3 Å². The number of carboxylic acids is 1. The normalized spacial score (nSPS) is 19.6. The average Bonchev–Trinajstić information content (AvgIpc) is 2.66. The Labute approximate surface area is 143 Å². The highest BCUT2D eigenvalue weighted by molar-refractivity contribution is 6.56. The number of pyridine rings is 1. The van der Waals surface area contributed by atoms with E-state index in [0.29, 0.717) is 12.1 Å². The van der Waals surface area contributed by atoms with Crippen LogP contribution < -0.4 is 5.32 Å². The zero-order valence-corrected chi connectivity index (χ0v) is 15.1. The van der Waals surface area contributed by atoms with Crippen molar-refractivity contribution in [1.29, 1.82) is 0 Å². The largest absolute Gasteiger partial charge is 0.491 e. The summed E-state index contributed by atoms with van der Waals surface area (Å²) in [6.07, 6.45) is 3.34. The number of hydrogen-bond acceptors (Lipinski definition) is 5. The van der Waals surface area contributed by atoms with Gasteiger partial charge < -0.3 is 19.7 Å². The van der Waals surface area contributed by atoms with Gasteiger partial charge in [0.25, 0.3) is 0 Å². The smallest absolute Gasteiger partial charge is 0.476 e. The summed E-state index contributed by atoms with van der Waals surface area (Å²) in [5, 5.41) is 12.4. The van der Waals surface area contributed by atoms with Gasteiger partial charge in [0.05, 0.1) is 11.2 Å². The molecule has 1 aromatic rings. The fraction of sp³-hybridized carbons (Fsp3) is 0.529. The van der Waals surface area contributed by atoms with E-state index in [1.54, 1.807) is 18.3 Å². The Kier molecular flexibility index (Phi) is 5.18. The summed E-state index contributed by atoms with van der Waals surface area (Å²) in [7, 11) is 1.29. The standard InChI is InChI=1S/C17H25BN2O4/c1-11-7-12(14(15(21)22)20-9-11)8-13(10-19-6)18-23-16(2,3)17(4,5)24-18/h7-9,19H,10H2,1-6H3,(H,21,22). The summed E-state index contributed by atoms with van der Waals surface area (Å²) in [5.41, 5.74) is 1.37. The topological polar surface area (TPSA) is 80.7 Å². The first-order valence-corrected chi connectivity index (χ1v) is 7.98. The van der Waals surface area contributed by atoms with Crippen molar-refractivity contribution in [3.8, 4) is 0 Å². The number of hydrogen-bond donors (Lipinski definition) is 2. The van der Waals surface area contributed by atoms with Crippen LogP contribution in [0.25, 0.3) is 6.08 Å². The highest BCUT2D eigenvalue weighted by atomic mass is 16.7. The molecular weight excluding hydrogens is 307 g/mol. The molecule has 2 rings (SSSR count). The van der Waals surface area contributed by atoms with Crippen LogP contribution in [0.1, 0.15) is 49.3 Å². The van der Waals surface area contributed by atoms with E-state index < -0.39 is 24.3 Å². The van der Waals surface area contributed by atoms with Gasteiger partial charge in [-0.15, -0.1) is 0 Å². The zero-order valence-electron chi connectivity index (χ0n) is 15.1. The van der Waals surface area contributed by atoms with E-state index in [1.807, 2.05) is 41.7 Å². The van der Waals surface area contributed by atoms with Crippen LogP contribution in [0.3, 0.4) is 0 Å². The minimum absolute atomic E-state index is 0.0192. The molecule has 2 N–H and O–H groups in total. The molecule has 2 heterocycles. The average molecular weight is 332 g/mol. The second-order valence-corrected chi connectivity index (χ2v) is 7.09. The van der Waals surface area contributed by atoms with Gasteiger partial charge >= 0.3 is 13.1 Å². The first-order chi connectivity index (χ1) is 11.1. The monoisotopic (exact) mass is 332 g/mol. The molecule has 1 aliphatic rings. The van der Waals surface area contributed by atoms with Crippen LogP contribution in [0.15, 0.2) is 17.7 Å². The van der Waals surface area contributed by atoms with Crippen LogP contribution in [0.5, 0.6) is 0 Å². The minimum Gasteiger partial charge on any atom is -0.476 e. The maximum Gasteiger partial charge on any atom is 0.491 e. The SMILES string of the molecule is CNCC(=Cc1cc(C)cnc1C(=O)O)B1OC(C)(C)C(C)(C)O1. The van der Waals surface area contributed by atoms with Gasteiger partial charge in [-0.05, 0) is 58.8 Å². The molecule has 0 aliphatic carbocycles. The van der Waals surface area contributed by atoms with Crippen molar-refractivity contribution in [2.24, 2.45) is 0 Å². The fourth-order valence-electron chi connectivity index (χ4n) is 2.48. The number of aromatic nitrogens is 1. The molecular formula is C17H25BN2O4. The summed E-state index contributed by atoms with van der Waals surface area (Å²) in [4.78, 5) is 15.5. The predicted molar refractivity (Wildman–Crippen MR) is 93.9 cm³/mol. The molecule has 0 amide bonds. The molecule has 6 nitrogen and oxygen atoms in total. The van der Waals surface area contributed by atoms with Crippen molar-refractivity contribution >= 4 is 19.2 Å². The van der Waals surface area contributed by atoms with Crippen molar-refractivity contribution in [3.05, 3.63) is 34.6 Å². The third-order valence-electron chi connectivity index (χ3n) is 4.53.